The van der Waals surface area contributed by atoms with Crippen molar-refractivity contribution >= 4 is 21.6 Å². The largest absolute Gasteiger partial charge is 0.322 e. The lowest BCUT2D eigenvalue weighted by Gasteiger charge is -2.09. The van der Waals surface area contributed by atoms with Crippen LogP contribution < -0.4 is 10.5 Å². The number of primary sulfonamides is 1. The molecular formula is C14H15N3O3S. The van der Waals surface area contributed by atoms with Crippen LogP contribution in [0.15, 0.2) is 41.4 Å². The molecule has 0 bridgehead atoms. The molecule has 0 aliphatic heterocycles. The molecule has 0 unspecified atom stereocenters. The molecule has 0 radical (unpaired) electrons. The van der Waals surface area contributed by atoms with Crippen LogP contribution in [0.3, 0.4) is 0 Å². The van der Waals surface area contributed by atoms with Crippen LogP contribution in [0, 0.1) is 13.8 Å². The molecule has 21 heavy (non-hydrogen) atoms. The maximum absolute atomic E-state index is 12.1. The molecule has 3 N–H and O–H groups in total. The van der Waals surface area contributed by atoms with Crippen LogP contribution in [0.2, 0.25) is 0 Å². The SMILES string of the molecule is Cc1cc(NC(=O)c2cccnc2C)ccc1S(N)(=O)=O. The number of aromatic nitrogens is 1. The summed E-state index contributed by atoms with van der Waals surface area (Å²) < 4.78 is 22.7. The molecular weight excluding hydrogens is 290 g/mol. The van der Waals surface area contributed by atoms with Crippen LogP contribution in [0.25, 0.3) is 0 Å². The molecule has 1 heterocycles. The van der Waals surface area contributed by atoms with E-state index in [0.29, 0.717) is 22.5 Å². The minimum atomic E-state index is -3.76. The first-order chi connectivity index (χ1) is 9.79. The van der Waals surface area contributed by atoms with Gasteiger partial charge in [-0.25, -0.2) is 13.6 Å². The van der Waals surface area contributed by atoms with Gasteiger partial charge in [-0.1, -0.05) is 0 Å². The van der Waals surface area contributed by atoms with E-state index in [1.54, 1.807) is 38.2 Å². The van der Waals surface area contributed by atoms with E-state index in [9.17, 15) is 13.2 Å². The van der Waals surface area contributed by atoms with Crippen molar-refractivity contribution in [1.82, 2.24) is 4.98 Å². The van der Waals surface area contributed by atoms with Crippen molar-refractivity contribution in [2.75, 3.05) is 5.32 Å². The number of nitrogens with two attached hydrogens (primary N) is 1. The zero-order chi connectivity index (χ0) is 15.6. The van der Waals surface area contributed by atoms with E-state index in [1.165, 1.54) is 12.1 Å². The summed E-state index contributed by atoms with van der Waals surface area (Å²) in [6.45, 7) is 3.36. The van der Waals surface area contributed by atoms with Gasteiger partial charge in [0, 0.05) is 17.6 Å². The van der Waals surface area contributed by atoms with Gasteiger partial charge in [0.05, 0.1) is 10.5 Å². The highest BCUT2D eigenvalue weighted by Gasteiger charge is 2.13. The maximum atomic E-state index is 12.1. The number of rotatable bonds is 3. The first-order valence-electron chi connectivity index (χ1n) is 6.15. The highest BCUT2D eigenvalue weighted by Crippen LogP contribution is 2.19. The van der Waals surface area contributed by atoms with Crippen molar-refractivity contribution in [1.29, 1.82) is 0 Å². The second-order valence-electron chi connectivity index (χ2n) is 4.62. The maximum Gasteiger partial charge on any atom is 0.257 e. The normalized spacial score (nSPS) is 11.2. The van der Waals surface area contributed by atoms with E-state index in [-0.39, 0.29) is 10.8 Å². The Morgan fingerprint density at radius 2 is 1.95 bits per heavy atom. The number of carbonyl (C=O) groups is 1. The molecule has 1 aromatic heterocycles. The number of aryl methyl sites for hydroxylation is 2. The molecule has 0 aliphatic carbocycles. The Balaban J connectivity index is 2.27. The topological polar surface area (TPSA) is 102 Å². The number of sulfonamides is 1. The summed E-state index contributed by atoms with van der Waals surface area (Å²) in [6.07, 6.45) is 1.61. The fraction of sp³-hybridized carbons (Fsp3) is 0.143. The molecule has 1 amide bonds. The van der Waals surface area contributed by atoms with E-state index in [2.05, 4.69) is 10.3 Å². The molecule has 0 spiro atoms. The van der Waals surface area contributed by atoms with Gasteiger partial charge in [-0.15, -0.1) is 0 Å². The third kappa shape index (κ3) is 3.45. The molecule has 110 valence electrons. The summed E-state index contributed by atoms with van der Waals surface area (Å²) in [6, 6.07) is 7.77. The number of anilines is 1. The van der Waals surface area contributed by atoms with Crippen LogP contribution in [-0.2, 0) is 10.0 Å². The van der Waals surface area contributed by atoms with Crippen molar-refractivity contribution in [3.63, 3.8) is 0 Å². The number of carbonyl (C=O) groups excluding carboxylic acids is 1. The number of benzene rings is 1. The average Bonchev–Trinajstić information content (AvgIpc) is 2.37. The van der Waals surface area contributed by atoms with Crippen molar-refractivity contribution in [2.45, 2.75) is 18.7 Å². The Labute approximate surface area is 123 Å². The van der Waals surface area contributed by atoms with Crippen LogP contribution >= 0.6 is 0 Å². The van der Waals surface area contributed by atoms with Gasteiger partial charge >= 0.3 is 0 Å². The molecule has 6 nitrogen and oxygen atoms in total. The number of amides is 1. The van der Waals surface area contributed by atoms with E-state index in [4.69, 9.17) is 5.14 Å². The predicted molar refractivity (Wildman–Crippen MR) is 79.5 cm³/mol. The summed E-state index contributed by atoms with van der Waals surface area (Å²) in [7, 11) is -3.76. The lowest BCUT2D eigenvalue weighted by molar-refractivity contribution is 0.102. The minimum Gasteiger partial charge on any atom is -0.322 e. The number of pyridine rings is 1. The lowest BCUT2D eigenvalue weighted by atomic mass is 10.1. The van der Waals surface area contributed by atoms with Crippen molar-refractivity contribution < 1.29 is 13.2 Å². The van der Waals surface area contributed by atoms with Gasteiger partial charge in [-0.2, -0.15) is 0 Å². The fourth-order valence-electron chi connectivity index (χ4n) is 1.97. The monoisotopic (exact) mass is 305 g/mol. The Kier molecular flexibility index (Phi) is 4.06. The second kappa shape index (κ2) is 5.63. The summed E-state index contributed by atoms with van der Waals surface area (Å²) in [5.74, 6) is -0.302. The first kappa shape index (κ1) is 15.1. The average molecular weight is 305 g/mol. The second-order valence-corrected chi connectivity index (χ2v) is 6.15. The van der Waals surface area contributed by atoms with E-state index in [1.807, 2.05) is 0 Å². The number of nitrogens with zero attached hydrogens (tertiary/aromatic N) is 1. The van der Waals surface area contributed by atoms with E-state index >= 15 is 0 Å². The van der Waals surface area contributed by atoms with Gasteiger partial charge in [-0.05, 0) is 49.7 Å². The number of hydrogen-bond acceptors (Lipinski definition) is 4. The first-order valence-corrected chi connectivity index (χ1v) is 7.70. The van der Waals surface area contributed by atoms with Gasteiger partial charge in [0.15, 0.2) is 0 Å². The molecule has 7 heteroatoms. The summed E-state index contributed by atoms with van der Waals surface area (Å²) in [5.41, 5.74) is 2.05. The zero-order valence-corrected chi connectivity index (χ0v) is 12.4. The number of nitrogens with one attached hydrogen (secondary N) is 1. The van der Waals surface area contributed by atoms with E-state index < -0.39 is 10.0 Å². The van der Waals surface area contributed by atoms with E-state index in [0.717, 1.165) is 0 Å². The lowest BCUT2D eigenvalue weighted by Crippen LogP contribution is -2.16. The number of hydrogen-bond donors (Lipinski definition) is 2. The minimum absolute atomic E-state index is 0.0399. The van der Waals surface area contributed by atoms with Crippen LogP contribution in [0.4, 0.5) is 5.69 Å². The standard InChI is InChI=1S/C14H15N3O3S/c1-9-8-11(5-6-13(9)21(15,19)20)17-14(18)12-4-3-7-16-10(12)2/h3-8H,1-2H3,(H,17,18)(H2,15,19,20). The molecule has 0 saturated heterocycles. The third-order valence-electron chi connectivity index (χ3n) is 2.99. The van der Waals surface area contributed by atoms with Crippen LogP contribution in [0.5, 0.6) is 0 Å². The van der Waals surface area contributed by atoms with Crippen molar-refractivity contribution in [3.8, 4) is 0 Å². The van der Waals surface area contributed by atoms with Gasteiger partial charge < -0.3 is 5.32 Å². The van der Waals surface area contributed by atoms with Crippen LogP contribution in [-0.4, -0.2) is 19.3 Å². The van der Waals surface area contributed by atoms with Gasteiger partial charge in [0.25, 0.3) is 5.91 Å². The molecule has 0 atom stereocenters. The Morgan fingerprint density at radius 3 is 2.52 bits per heavy atom. The Bertz CT molecular complexity index is 801. The molecule has 2 aromatic rings. The summed E-state index contributed by atoms with van der Waals surface area (Å²) in [5, 5.41) is 7.80. The van der Waals surface area contributed by atoms with Gasteiger partial charge in [0.2, 0.25) is 10.0 Å². The van der Waals surface area contributed by atoms with Crippen LogP contribution in [0.1, 0.15) is 21.6 Å². The highest BCUT2D eigenvalue weighted by molar-refractivity contribution is 7.89. The summed E-state index contributed by atoms with van der Waals surface area (Å²) in [4.78, 5) is 16.2. The third-order valence-corrected chi connectivity index (χ3v) is 4.06. The van der Waals surface area contributed by atoms with Gasteiger partial charge in [-0.3, -0.25) is 9.78 Å². The van der Waals surface area contributed by atoms with Gasteiger partial charge in [0.1, 0.15) is 0 Å². The quantitative estimate of drug-likeness (QED) is 0.899. The van der Waals surface area contributed by atoms with Crippen molar-refractivity contribution in [2.24, 2.45) is 5.14 Å². The molecule has 2 rings (SSSR count). The molecule has 0 saturated carbocycles. The summed E-state index contributed by atoms with van der Waals surface area (Å²) >= 11 is 0. The smallest absolute Gasteiger partial charge is 0.257 e. The fourth-order valence-corrected chi connectivity index (χ4v) is 2.73. The molecule has 0 aliphatic rings. The highest BCUT2D eigenvalue weighted by atomic mass is 32.2. The molecule has 1 aromatic carbocycles. The Morgan fingerprint density at radius 1 is 1.24 bits per heavy atom. The molecule has 0 fully saturated rings. The Hall–Kier alpha value is -2.25. The predicted octanol–water partition coefficient (Wildman–Crippen LogP) is 1.60. The van der Waals surface area contributed by atoms with Crippen molar-refractivity contribution in [3.05, 3.63) is 53.3 Å². The zero-order valence-electron chi connectivity index (χ0n) is 11.6.